The largest absolute Gasteiger partial charge is 0.375 e. The van der Waals surface area contributed by atoms with Crippen LogP contribution in [0.4, 0.5) is 17.5 Å². The molecular weight excluding hydrogens is 250 g/mol. The molecule has 1 aliphatic rings. The van der Waals surface area contributed by atoms with Crippen LogP contribution in [-0.4, -0.2) is 40.2 Å². The van der Waals surface area contributed by atoms with Gasteiger partial charge in [-0.15, -0.1) is 0 Å². The lowest BCUT2D eigenvalue weighted by Crippen LogP contribution is -2.48. The lowest BCUT2D eigenvalue weighted by Gasteiger charge is -2.37. The number of hydrogen-bond donors (Lipinski definition) is 1. The molecule has 0 radical (unpaired) electrons. The van der Waals surface area contributed by atoms with Gasteiger partial charge in [0.1, 0.15) is 5.69 Å². The first-order valence-electron chi connectivity index (χ1n) is 6.07. The zero-order chi connectivity index (χ0) is 14.2. The lowest BCUT2D eigenvalue weighted by atomic mass is 10.2. The molecule has 1 aromatic rings. The average Bonchev–Trinajstić information content (AvgIpc) is 2.30. The fraction of sp³-hybridized carbons (Fsp3) is 0.636. The van der Waals surface area contributed by atoms with E-state index in [0.717, 1.165) is 0 Å². The number of ether oxygens (including phenoxy) is 1. The van der Waals surface area contributed by atoms with Crippen LogP contribution in [0, 0.1) is 17.0 Å². The first-order valence-corrected chi connectivity index (χ1v) is 6.07. The van der Waals surface area contributed by atoms with E-state index in [-0.39, 0.29) is 35.3 Å². The van der Waals surface area contributed by atoms with Crippen molar-refractivity contribution in [2.24, 2.45) is 0 Å². The number of aromatic nitrogens is 2. The molecule has 0 spiro atoms. The van der Waals surface area contributed by atoms with Gasteiger partial charge in [0, 0.05) is 6.54 Å². The molecule has 1 saturated heterocycles. The maximum absolute atomic E-state index is 11.2. The quantitative estimate of drug-likeness (QED) is 0.626. The number of nitrogens with zero attached hydrogens (tertiary/aromatic N) is 4. The number of anilines is 2. The van der Waals surface area contributed by atoms with Crippen molar-refractivity contribution >= 4 is 17.5 Å². The van der Waals surface area contributed by atoms with Gasteiger partial charge in [-0.2, -0.15) is 4.98 Å². The van der Waals surface area contributed by atoms with Gasteiger partial charge in [0.05, 0.1) is 23.7 Å². The Kier molecular flexibility index (Phi) is 3.52. The monoisotopic (exact) mass is 267 g/mol. The number of nitrogens with two attached hydrogens (primary N) is 1. The Labute approximate surface area is 110 Å². The van der Waals surface area contributed by atoms with E-state index < -0.39 is 4.92 Å². The molecule has 1 aromatic heterocycles. The van der Waals surface area contributed by atoms with E-state index in [1.54, 1.807) is 6.92 Å². The Morgan fingerprint density at radius 2 is 2.16 bits per heavy atom. The molecule has 0 aliphatic carbocycles. The topological polar surface area (TPSA) is 107 Å². The first-order chi connectivity index (χ1) is 8.90. The highest BCUT2D eigenvalue weighted by Gasteiger charge is 2.32. The van der Waals surface area contributed by atoms with Crippen molar-refractivity contribution in [3.63, 3.8) is 0 Å². The van der Waals surface area contributed by atoms with Crippen LogP contribution in [0.25, 0.3) is 0 Å². The van der Waals surface area contributed by atoms with Gasteiger partial charge in [-0.25, -0.2) is 4.98 Å². The molecule has 2 heterocycles. The van der Waals surface area contributed by atoms with E-state index >= 15 is 0 Å². The fourth-order valence-corrected chi connectivity index (χ4v) is 2.19. The summed E-state index contributed by atoms with van der Waals surface area (Å²) in [7, 11) is 0. The van der Waals surface area contributed by atoms with Crippen LogP contribution in [0.1, 0.15) is 19.5 Å². The SMILES string of the molecule is Cc1nc(N)nc(N2CC(C)OCC2C)c1[N+](=O)[O-]. The van der Waals surface area contributed by atoms with Crippen LogP contribution in [0.5, 0.6) is 0 Å². The summed E-state index contributed by atoms with van der Waals surface area (Å²) >= 11 is 0. The molecule has 0 amide bonds. The smallest absolute Gasteiger partial charge is 0.332 e. The molecule has 2 N–H and O–H groups in total. The van der Waals surface area contributed by atoms with E-state index in [2.05, 4.69) is 9.97 Å². The van der Waals surface area contributed by atoms with Gasteiger partial charge in [-0.3, -0.25) is 10.1 Å². The molecule has 2 atom stereocenters. The second-order valence-electron chi connectivity index (χ2n) is 4.74. The molecule has 2 rings (SSSR count). The number of nitrogen functional groups attached to an aromatic ring is 1. The van der Waals surface area contributed by atoms with Gasteiger partial charge < -0.3 is 15.4 Å². The zero-order valence-electron chi connectivity index (χ0n) is 11.2. The molecule has 0 bridgehead atoms. The molecule has 0 aromatic carbocycles. The van der Waals surface area contributed by atoms with Crippen molar-refractivity contribution in [2.45, 2.75) is 32.9 Å². The van der Waals surface area contributed by atoms with Crippen LogP contribution >= 0.6 is 0 Å². The summed E-state index contributed by atoms with van der Waals surface area (Å²) in [5.41, 5.74) is 5.80. The molecule has 1 fully saturated rings. The highest BCUT2D eigenvalue weighted by molar-refractivity contribution is 5.62. The normalized spacial score (nSPS) is 23.4. The number of nitro groups is 1. The zero-order valence-corrected chi connectivity index (χ0v) is 11.2. The second-order valence-corrected chi connectivity index (χ2v) is 4.74. The van der Waals surface area contributed by atoms with Crippen LogP contribution < -0.4 is 10.6 Å². The Morgan fingerprint density at radius 1 is 1.47 bits per heavy atom. The summed E-state index contributed by atoms with van der Waals surface area (Å²) in [6, 6.07) is 0.00333. The minimum absolute atomic E-state index is 0.00333. The van der Waals surface area contributed by atoms with Crippen molar-refractivity contribution in [1.82, 2.24) is 9.97 Å². The van der Waals surface area contributed by atoms with E-state index in [1.165, 1.54) is 0 Å². The van der Waals surface area contributed by atoms with Crippen LogP contribution in [0.3, 0.4) is 0 Å². The number of morpholine rings is 1. The van der Waals surface area contributed by atoms with Gasteiger partial charge in [-0.05, 0) is 20.8 Å². The van der Waals surface area contributed by atoms with E-state index in [0.29, 0.717) is 13.2 Å². The van der Waals surface area contributed by atoms with Crippen LogP contribution in [0.15, 0.2) is 0 Å². The highest BCUT2D eigenvalue weighted by atomic mass is 16.6. The van der Waals surface area contributed by atoms with Crippen molar-refractivity contribution in [3.8, 4) is 0 Å². The molecule has 8 nitrogen and oxygen atoms in total. The van der Waals surface area contributed by atoms with Gasteiger partial charge in [0.25, 0.3) is 0 Å². The Balaban J connectivity index is 2.50. The third kappa shape index (κ3) is 2.58. The molecule has 1 aliphatic heterocycles. The minimum atomic E-state index is -0.461. The van der Waals surface area contributed by atoms with Gasteiger partial charge >= 0.3 is 5.69 Å². The van der Waals surface area contributed by atoms with Crippen molar-refractivity contribution in [3.05, 3.63) is 15.8 Å². The molecule has 19 heavy (non-hydrogen) atoms. The van der Waals surface area contributed by atoms with Crippen molar-refractivity contribution in [2.75, 3.05) is 23.8 Å². The number of aryl methyl sites for hydroxylation is 1. The summed E-state index contributed by atoms with van der Waals surface area (Å²) < 4.78 is 5.52. The maximum Gasteiger partial charge on any atom is 0.332 e. The lowest BCUT2D eigenvalue weighted by molar-refractivity contribution is -0.385. The van der Waals surface area contributed by atoms with Crippen LogP contribution in [0.2, 0.25) is 0 Å². The number of rotatable bonds is 2. The first kappa shape index (κ1) is 13.5. The third-order valence-electron chi connectivity index (χ3n) is 3.12. The predicted octanol–water partition coefficient (Wildman–Crippen LogP) is 0.889. The maximum atomic E-state index is 11.2. The summed E-state index contributed by atoms with van der Waals surface area (Å²) in [6.07, 6.45) is -0.00713. The van der Waals surface area contributed by atoms with Gasteiger partial charge in [0.2, 0.25) is 11.8 Å². The standard InChI is InChI=1S/C11H17N5O3/c1-6-5-19-7(2)4-15(6)10-9(16(17)18)8(3)13-11(12)14-10/h6-7H,4-5H2,1-3H3,(H2,12,13,14). The third-order valence-corrected chi connectivity index (χ3v) is 3.12. The Morgan fingerprint density at radius 3 is 2.79 bits per heavy atom. The summed E-state index contributed by atoms with van der Waals surface area (Å²) in [6.45, 7) is 6.46. The summed E-state index contributed by atoms with van der Waals surface area (Å²) in [4.78, 5) is 20.5. The second kappa shape index (κ2) is 4.96. The van der Waals surface area contributed by atoms with E-state index in [4.69, 9.17) is 10.5 Å². The average molecular weight is 267 g/mol. The van der Waals surface area contributed by atoms with Crippen LogP contribution in [-0.2, 0) is 4.74 Å². The molecule has 0 saturated carbocycles. The minimum Gasteiger partial charge on any atom is -0.375 e. The fourth-order valence-electron chi connectivity index (χ4n) is 2.19. The van der Waals surface area contributed by atoms with Crippen molar-refractivity contribution < 1.29 is 9.66 Å². The van der Waals surface area contributed by atoms with E-state index in [9.17, 15) is 10.1 Å². The molecule has 2 unspecified atom stereocenters. The van der Waals surface area contributed by atoms with E-state index in [1.807, 2.05) is 18.7 Å². The molecule has 8 heteroatoms. The molecular formula is C11H17N5O3. The Hall–Kier alpha value is -1.96. The summed E-state index contributed by atoms with van der Waals surface area (Å²) in [5, 5.41) is 11.2. The predicted molar refractivity (Wildman–Crippen MR) is 70.1 cm³/mol. The highest BCUT2D eigenvalue weighted by Crippen LogP contribution is 2.32. The molecule has 104 valence electrons. The Bertz CT molecular complexity index is 507. The van der Waals surface area contributed by atoms with Crippen molar-refractivity contribution in [1.29, 1.82) is 0 Å². The summed E-state index contributed by atoms with van der Waals surface area (Å²) in [5.74, 6) is 0.321. The van der Waals surface area contributed by atoms with Gasteiger partial charge in [0.15, 0.2) is 0 Å². The van der Waals surface area contributed by atoms with Gasteiger partial charge in [-0.1, -0.05) is 0 Å². The number of hydrogen-bond acceptors (Lipinski definition) is 7.